The second kappa shape index (κ2) is 5.93. The molecule has 0 atom stereocenters. The monoisotopic (exact) mass is 324 g/mol. The fraction of sp³-hybridized carbons (Fsp3) is 0.143. The molecular formula is C14H14BrFN2O. The van der Waals surface area contributed by atoms with Crippen molar-refractivity contribution in [3.8, 4) is 5.75 Å². The fourth-order valence-electron chi connectivity index (χ4n) is 1.66. The first kappa shape index (κ1) is 13.7. The normalized spacial score (nSPS) is 10.3. The molecule has 3 nitrogen and oxygen atoms in total. The van der Waals surface area contributed by atoms with Gasteiger partial charge < -0.3 is 15.8 Å². The molecule has 0 amide bonds. The third-order valence-corrected chi connectivity index (χ3v) is 3.21. The lowest BCUT2D eigenvalue weighted by Gasteiger charge is -2.13. The molecule has 0 saturated carbocycles. The van der Waals surface area contributed by atoms with E-state index < -0.39 is 0 Å². The maximum absolute atomic E-state index is 13.4. The van der Waals surface area contributed by atoms with Crippen LogP contribution in [0.2, 0.25) is 0 Å². The molecule has 0 aliphatic rings. The van der Waals surface area contributed by atoms with E-state index in [4.69, 9.17) is 10.5 Å². The van der Waals surface area contributed by atoms with Gasteiger partial charge in [-0.25, -0.2) is 4.39 Å². The largest absolute Gasteiger partial charge is 0.492 e. The molecule has 0 unspecified atom stereocenters. The number of ether oxygens (including phenoxy) is 1. The Morgan fingerprint density at radius 2 is 2.11 bits per heavy atom. The van der Waals surface area contributed by atoms with E-state index in [1.165, 1.54) is 6.07 Å². The first-order valence-electron chi connectivity index (χ1n) is 5.85. The van der Waals surface area contributed by atoms with Crippen molar-refractivity contribution < 1.29 is 9.13 Å². The van der Waals surface area contributed by atoms with Crippen LogP contribution in [-0.2, 0) is 0 Å². The molecule has 2 aromatic rings. The Morgan fingerprint density at radius 3 is 2.79 bits per heavy atom. The second-order valence-corrected chi connectivity index (χ2v) is 4.76. The zero-order valence-corrected chi connectivity index (χ0v) is 12.0. The van der Waals surface area contributed by atoms with Crippen LogP contribution in [0, 0.1) is 5.82 Å². The molecule has 19 heavy (non-hydrogen) atoms. The van der Waals surface area contributed by atoms with Crippen molar-refractivity contribution in [1.29, 1.82) is 0 Å². The highest BCUT2D eigenvalue weighted by Gasteiger charge is 2.07. The number of rotatable bonds is 4. The van der Waals surface area contributed by atoms with Gasteiger partial charge in [0, 0.05) is 5.69 Å². The molecule has 0 fully saturated rings. The van der Waals surface area contributed by atoms with Crippen molar-refractivity contribution in [2.45, 2.75) is 6.92 Å². The van der Waals surface area contributed by atoms with Gasteiger partial charge in [0.1, 0.15) is 11.6 Å². The van der Waals surface area contributed by atoms with Gasteiger partial charge in [0.25, 0.3) is 0 Å². The Balaban J connectivity index is 2.27. The van der Waals surface area contributed by atoms with Gasteiger partial charge in [-0.15, -0.1) is 0 Å². The van der Waals surface area contributed by atoms with Crippen molar-refractivity contribution in [2.24, 2.45) is 0 Å². The van der Waals surface area contributed by atoms with Crippen LogP contribution in [0.3, 0.4) is 0 Å². The van der Waals surface area contributed by atoms with Crippen LogP contribution in [0.25, 0.3) is 0 Å². The summed E-state index contributed by atoms with van der Waals surface area (Å²) >= 11 is 3.11. The average Bonchev–Trinajstić information content (AvgIpc) is 2.39. The standard InChI is InChI=1S/C14H14BrFN2O/c1-2-19-13-5-3-4-12(14(13)17)18-9-6-7-10(15)11(16)8-9/h3-8,18H,2,17H2,1H3. The molecule has 0 radical (unpaired) electrons. The summed E-state index contributed by atoms with van der Waals surface area (Å²) in [6.45, 7) is 2.43. The van der Waals surface area contributed by atoms with Gasteiger partial charge in [-0.3, -0.25) is 0 Å². The number of nitrogens with two attached hydrogens (primary N) is 1. The number of halogens is 2. The topological polar surface area (TPSA) is 47.3 Å². The van der Waals surface area contributed by atoms with Gasteiger partial charge in [0.2, 0.25) is 0 Å². The van der Waals surface area contributed by atoms with Gasteiger partial charge in [-0.1, -0.05) is 6.07 Å². The summed E-state index contributed by atoms with van der Waals surface area (Å²) in [4.78, 5) is 0. The Hall–Kier alpha value is -1.75. The number of hydrogen-bond donors (Lipinski definition) is 2. The van der Waals surface area contributed by atoms with Gasteiger partial charge >= 0.3 is 0 Å². The molecule has 0 aromatic heterocycles. The molecular weight excluding hydrogens is 311 g/mol. The van der Waals surface area contributed by atoms with Crippen LogP contribution in [0.5, 0.6) is 5.75 Å². The van der Waals surface area contributed by atoms with E-state index in [1.54, 1.807) is 18.2 Å². The van der Waals surface area contributed by atoms with Crippen molar-refractivity contribution in [3.05, 3.63) is 46.7 Å². The highest BCUT2D eigenvalue weighted by atomic mass is 79.9. The number of hydrogen-bond acceptors (Lipinski definition) is 3. The van der Waals surface area contributed by atoms with E-state index in [1.807, 2.05) is 19.1 Å². The SMILES string of the molecule is CCOc1cccc(Nc2ccc(Br)c(F)c2)c1N. The minimum atomic E-state index is -0.329. The van der Waals surface area contributed by atoms with Crippen molar-refractivity contribution in [1.82, 2.24) is 0 Å². The lowest BCUT2D eigenvalue weighted by Crippen LogP contribution is -2.01. The molecule has 0 saturated heterocycles. The molecule has 100 valence electrons. The summed E-state index contributed by atoms with van der Waals surface area (Å²) in [5, 5.41) is 3.07. The van der Waals surface area contributed by atoms with Crippen LogP contribution in [0.15, 0.2) is 40.9 Å². The summed E-state index contributed by atoms with van der Waals surface area (Å²) in [5.74, 6) is 0.287. The zero-order valence-electron chi connectivity index (χ0n) is 10.4. The van der Waals surface area contributed by atoms with E-state index in [0.29, 0.717) is 33.9 Å². The average molecular weight is 325 g/mol. The number of para-hydroxylation sites is 1. The van der Waals surface area contributed by atoms with Crippen molar-refractivity contribution >= 4 is 33.0 Å². The summed E-state index contributed by atoms with van der Waals surface area (Å²) < 4.78 is 19.3. The molecule has 2 rings (SSSR count). The number of nitrogen functional groups attached to an aromatic ring is 1. The third-order valence-electron chi connectivity index (χ3n) is 2.56. The molecule has 3 N–H and O–H groups in total. The van der Waals surface area contributed by atoms with Crippen LogP contribution in [-0.4, -0.2) is 6.61 Å². The zero-order chi connectivity index (χ0) is 13.8. The number of anilines is 3. The Morgan fingerprint density at radius 1 is 1.32 bits per heavy atom. The molecule has 0 aliphatic carbocycles. The molecule has 0 spiro atoms. The Kier molecular flexibility index (Phi) is 4.27. The summed E-state index contributed by atoms with van der Waals surface area (Å²) in [7, 11) is 0. The van der Waals surface area contributed by atoms with Crippen LogP contribution in [0.4, 0.5) is 21.5 Å². The van der Waals surface area contributed by atoms with Gasteiger partial charge in [0.15, 0.2) is 0 Å². The maximum Gasteiger partial charge on any atom is 0.144 e. The first-order chi connectivity index (χ1) is 9.11. The second-order valence-electron chi connectivity index (χ2n) is 3.90. The Bertz CT molecular complexity index is 590. The molecule has 0 heterocycles. The van der Waals surface area contributed by atoms with Gasteiger partial charge in [0.05, 0.1) is 22.5 Å². The predicted octanol–water partition coefficient (Wildman–Crippen LogP) is 4.31. The van der Waals surface area contributed by atoms with Crippen LogP contribution in [0.1, 0.15) is 6.92 Å². The number of benzene rings is 2. The highest BCUT2D eigenvalue weighted by molar-refractivity contribution is 9.10. The summed E-state index contributed by atoms with van der Waals surface area (Å²) in [5.41, 5.74) is 7.82. The maximum atomic E-state index is 13.4. The fourth-order valence-corrected chi connectivity index (χ4v) is 1.91. The van der Waals surface area contributed by atoms with Gasteiger partial charge in [-0.2, -0.15) is 0 Å². The summed E-state index contributed by atoms with van der Waals surface area (Å²) in [6, 6.07) is 10.2. The lowest BCUT2D eigenvalue weighted by atomic mass is 10.2. The lowest BCUT2D eigenvalue weighted by molar-refractivity contribution is 0.342. The van der Waals surface area contributed by atoms with Crippen molar-refractivity contribution in [3.63, 3.8) is 0 Å². The number of nitrogens with one attached hydrogen (secondary N) is 1. The molecule has 0 aliphatic heterocycles. The van der Waals surface area contributed by atoms with E-state index in [2.05, 4.69) is 21.2 Å². The van der Waals surface area contributed by atoms with Crippen LogP contribution >= 0.6 is 15.9 Å². The minimum Gasteiger partial charge on any atom is -0.492 e. The Labute approximate surface area is 119 Å². The van der Waals surface area contributed by atoms with E-state index >= 15 is 0 Å². The molecule has 2 aromatic carbocycles. The highest BCUT2D eigenvalue weighted by Crippen LogP contribution is 2.32. The molecule has 0 bridgehead atoms. The van der Waals surface area contributed by atoms with Gasteiger partial charge in [-0.05, 0) is 53.2 Å². The smallest absolute Gasteiger partial charge is 0.144 e. The van der Waals surface area contributed by atoms with Crippen molar-refractivity contribution in [2.75, 3.05) is 17.7 Å². The van der Waals surface area contributed by atoms with E-state index in [-0.39, 0.29) is 5.82 Å². The van der Waals surface area contributed by atoms with E-state index in [9.17, 15) is 4.39 Å². The third kappa shape index (κ3) is 3.17. The van der Waals surface area contributed by atoms with E-state index in [0.717, 1.165) is 0 Å². The summed E-state index contributed by atoms with van der Waals surface area (Å²) in [6.07, 6.45) is 0. The molecule has 5 heteroatoms. The quantitative estimate of drug-likeness (QED) is 0.824. The predicted molar refractivity (Wildman–Crippen MR) is 79.4 cm³/mol. The minimum absolute atomic E-state index is 0.329. The van der Waals surface area contributed by atoms with Crippen LogP contribution < -0.4 is 15.8 Å². The first-order valence-corrected chi connectivity index (χ1v) is 6.64.